The molecular weight excluding hydrogens is 430 g/mol. The van der Waals surface area contributed by atoms with Crippen LogP contribution in [0.1, 0.15) is 32.8 Å². The molecule has 0 saturated carbocycles. The Kier molecular flexibility index (Phi) is 6.50. The van der Waals surface area contributed by atoms with Gasteiger partial charge in [-0.15, -0.1) is 0 Å². The highest BCUT2D eigenvalue weighted by atomic mass is 32.2. The van der Waals surface area contributed by atoms with Crippen LogP contribution in [0.4, 0.5) is 21.9 Å². The molecule has 0 spiro atoms. The molecule has 0 saturated heterocycles. The van der Waals surface area contributed by atoms with Gasteiger partial charge in [-0.25, -0.2) is 13.2 Å². The van der Waals surface area contributed by atoms with Gasteiger partial charge in [-0.2, -0.15) is 0 Å². The number of amides is 2. The average molecular weight is 460 g/mol. The van der Waals surface area contributed by atoms with Crippen molar-refractivity contribution in [3.8, 4) is 11.1 Å². The number of carbonyl (C=O) groups is 2. The monoisotopic (exact) mass is 459 g/mol. The Bertz CT molecular complexity index is 1160. The Balaban J connectivity index is 2.05. The third-order valence-electron chi connectivity index (χ3n) is 5.35. The smallest absolute Gasteiger partial charge is 0.411 e. The van der Waals surface area contributed by atoms with Crippen LogP contribution in [0.25, 0.3) is 11.1 Å². The lowest BCUT2D eigenvalue weighted by Gasteiger charge is -2.40. The number of carboxylic acid groups (broad SMARTS) is 1. The van der Waals surface area contributed by atoms with Crippen molar-refractivity contribution in [1.29, 1.82) is 0 Å². The van der Waals surface area contributed by atoms with E-state index in [2.05, 4.69) is 4.72 Å². The van der Waals surface area contributed by atoms with Gasteiger partial charge in [-0.1, -0.05) is 26.0 Å². The number of nitrogens with zero attached hydrogens (tertiary/aromatic N) is 2. The molecule has 0 radical (unpaired) electrons. The fourth-order valence-electron chi connectivity index (χ4n) is 3.97. The lowest BCUT2D eigenvalue weighted by atomic mass is 9.98. The van der Waals surface area contributed by atoms with Crippen LogP contribution >= 0.6 is 0 Å². The largest absolute Gasteiger partial charge is 0.465 e. The van der Waals surface area contributed by atoms with Crippen molar-refractivity contribution in [2.24, 2.45) is 5.92 Å². The third-order valence-corrected chi connectivity index (χ3v) is 5.94. The van der Waals surface area contributed by atoms with E-state index in [1.807, 2.05) is 32.9 Å². The second-order valence-corrected chi connectivity index (χ2v) is 10.5. The summed E-state index contributed by atoms with van der Waals surface area (Å²) in [6.45, 7) is 7.79. The van der Waals surface area contributed by atoms with Crippen LogP contribution in [0, 0.1) is 12.8 Å². The lowest BCUT2D eigenvalue weighted by Crippen LogP contribution is -2.51. The molecule has 2 aromatic rings. The molecule has 2 aromatic carbocycles. The summed E-state index contributed by atoms with van der Waals surface area (Å²) in [7, 11) is -3.39. The molecule has 3 rings (SSSR count). The standard InChI is InChI=1S/C23H29N3O5S/c1-14(2)10-22(27)26-16(4)13-25(23(28)29)21-12-18(7-9-20(21)26)17-6-8-19(15(3)11-17)24-32(5,30)31/h6-9,11-12,14,16,24H,10,13H2,1-5H3,(H,28,29)/t16-/m0/s1. The Morgan fingerprint density at radius 2 is 1.75 bits per heavy atom. The minimum atomic E-state index is -3.39. The molecule has 1 heterocycles. The summed E-state index contributed by atoms with van der Waals surface area (Å²) < 4.78 is 25.6. The number of aryl methyl sites for hydroxylation is 1. The summed E-state index contributed by atoms with van der Waals surface area (Å²) in [4.78, 5) is 27.8. The van der Waals surface area contributed by atoms with Crippen LogP contribution in [0.5, 0.6) is 0 Å². The fourth-order valence-corrected chi connectivity index (χ4v) is 4.60. The molecule has 0 fully saturated rings. The molecule has 2 amide bonds. The predicted molar refractivity (Wildman–Crippen MR) is 127 cm³/mol. The van der Waals surface area contributed by atoms with E-state index in [0.717, 1.165) is 22.9 Å². The second-order valence-electron chi connectivity index (χ2n) is 8.71. The van der Waals surface area contributed by atoms with Gasteiger partial charge in [-0.05, 0) is 60.7 Å². The van der Waals surface area contributed by atoms with Crippen LogP contribution in [0.3, 0.4) is 0 Å². The third kappa shape index (κ3) is 5.04. The highest BCUT2D eigenvalue weighted by Crippen LogP contribution is 2.39. The maximum Gasteiger partial charge on any atom is 0.411 e. The molecule has 1 atom stereocenters. The first-order valence-electron chi connectivity index (χ1n) is 10.4. The number of anilines is 3. The zero-order chi connectivity index (χ0) is 23.8. The second kappa shape index (κ2) is 8.82. The fraction of sp³-hybridized carbons (Fsp3) is 0.391. The molecule has 2 N–H and O–H groups in total. The zero-order valence-electron chi connectivity index (χ0n) is 18.9. The van der Waals surface area contributed by atoms with E-state index in [1.165, 1.54) is 4.90 Å². The quantitative estimate of drug-likeness (QED) is 0.693. The Hall–Kier alpha value is -3.07. The minimum absolute atomic E-state index is 0.0291. The number of fused-ring (bicyclic) bond motifs is 1. The van der Waals surface area contributed by atoms with E-state index in [9.17, 15) is 23.1 Å². The van der Waals surface area contributed by atoms with Crippen molar-refractivity contribution >= 4 is 39.1 Å². The number of sulfonamides is 1. The van der Waals surface area contributed by atoms with Gasteiger partial charge in [0.1, 0.15) is 0 Å². The van der Waals surface area contributed by atoms with Gasteiger partial charge >= 0.3 is 6.09 Å². The zero-order valence-corrected chi connectivity index (χ0v) is 19.7. The molecule has 0 bridgehead atoms. The Morgan fingerprint density at radius 3 is 2.31 bits per heavy atom. The van der Waals surface area contributed by atoms with E-state index >= 15 is 0 Å². The van der Waals surface area contributed by atoms with Crippen molar-refractivity contribution in [2.75, 3.05) is 27.3 Å². The van der Waals surface area contributed by atoms with Gasteiger partial charge in [0, 0.05) is 13.0 Å². The Morgan fingerprint density at radius 1 is 1.12 bits per heavy atom. The maximum absolute atomic E-state index is 12.9. The van der Waals surface area contributed by atoms with Crippen LogP contribution in [-0.4, -0.2) is 44.4 Å². The molecule has 0 aliphatic carbocycles. The van der Waals surface area contributed by atoms with E-state index in [4.69, 9.17) is 0 Å². The maximum atomic E-state index is 12.9. The normalized spacial score (nSPS) is 16.1. The van der Waals surface area contributed by atoms with Crippen molar-refractivity contribution in [3.63, 3.8) is 0 Å². The molecule has 32 heavy (non-hydrogen) atoms. The number of benzene rings is 2. The van der Waals surface area contributed by atoms with Gasteiger partial charge in [-0.3, -0.25) is 14.4 Å². The first kappa shape index (κ1) is 23.6. The van der Waals surface area contributed by atoms with Crippen molar-refractivity contribution in [2.45, 2.75) is 40.2 Å². The first-order chi connectivity index (χ1) is 14.9. The summed E-state index contributed by atoms with van der Waals surface area (Å²) in [5.41, 5.74) is 3.85. The number of hydrogen-bond donors (Lipinski definition) is 2. The van der Waals surface area contributed by atoms with Crippen molar-refractivity contribution in [3.05, 3.63) is 42.0 Å². The average Bonchev–Trinajstić information content (AvgIpc) is 2.66. The summed E-state index contributed by atoms with van der Waals surface area (Å²) in [5, 5.41) is 9.78. The molecule has 9 heteroatoms. The number of rotatable bonds is 5. The van der Waals surface area contributed by atoms with Crippen LogP contribution in [0.15, 0.2) is 36.4 Å². The van der Waals surface area contributed by atoms with Crippen molar-refractivity contribution in [1.82, 2.24) is 0 Å². The van der Waals surface area contributed by atoms with Crippen LogP contribution < -0.4 is 14.5 Å². The number of hydrogen-bond acceptors (Lipinski definition) is 4. The van der Waals surface area contributed by atoms with Gasteiger partial charge in [0.15, 0.2) is 0 Å². The molecule has 1 aliphatic heterocycles. The molecule has 1 aliphatic rings. The van der Waals surface area contributed by atoms with E-state index in [0.29, 0.717) is 23.5 Å². The van der Waals surface area contributed by atoms with E-state index in [-0.39, 0.29) is 24.4 Å². The van der Waals surface area contributed by atoms with Crippen LogP contribution in [0.2, 0.25) is 0 Å². The Labute approximate surface area is 188 Å². The number of carbonyl (C=O) groups excluding carboxylic acids is 1. The molecule has 0 aromatic heterocycles. The summed E-state index contributed by atoms with van der Waals surface area (Å²) >= 11 is 0. The van der Waals surface area contributed by atoms with Crippen molar-refractivity contribution < 1.29 is 23.1 Å². The summed E-state index contributed by atoms with van der Waals surface area (Å²) in [6, 6.07) is 10.4. The highest BCUT2D eigenvalue weighted by Gasteiger charge is 2.35. The highest BCUT2D eigenvalue weighted by molar-refractivity contribution is 7.92. The van der Waals surface area contributed by atoms with Gasteiger partial charge in [0.05, 0.1) is 29.4 Å². The van der Waals surface area contributed by atoms with Crippen LogP contribution in [-0.2, 0) is 14.8 Å². The van der Waals surface area contributed by atoms with Gasteiger partial charge in [0.25, 0.3) is 0 Å². The SMILES string of the molecule is Cc1cc(-c2ccc3c(c2)N(C(=O)O)C[C@H](C)N3C(=O)CC(C)C)ccc1NS(C)(=O)=O. The number of nitrogens with one attached hydrogen (secondary N) is 1. The van der Waals surface area contributed by atoms with E-state index < -0.39 is 16.1 Å². The molecular formula is C23H29N3O5S. The molecule has 172 valence electrons. The minimum Gasteiger partial charge on any atom is -0.465 e. The molecule has 0 unspecified atom stereocenters. The van der Waals surface area contributed by atoms with Gasteiger partial charge in [0.2, 0.25) is 15.9 Å². The molecule has 8 nitrogen and oxygen atoms in total. The first-order valence-corrected chi connectivity index (χ1v) is 12.3. The topological polar surface area (TPSA) is 107 Å². The van der Waals surface area contributed by atoms with E-state index in [1.54, 1.807) is 36.1 Å². The predicted octanol–water partition coefficient (Wildman–Crippen LogP) is 4.30. The summed E-state index contributed by atoms with van der Waals surface area (Å²) in [6.07, 6.45) is 0.402. The summed E-state index contributed by atoms with van der Waals surface area (Å²) in [5.74, 6) is 0.163. The lowest BCUT2D eigenvalue weighted by molar-refractivity contribution is -0.119. The van der Waals surface area contributed by atoms with Gasteiger partial charge < -0.3 is 10.0 Å².